The van der Waals surface area contributed by atoms with Gasteiger partial charge in [0.05, 0.1) is 6.61 Å². The lowest BCUT2D eigenvalue weighted by molar-refractivity contribution is 0.325. The van der Waals surface area contributed by atoms with Gasteiger partial charge in [0.25, 0.3) is 0 Å². The molecule has 24 heavy (non-hydrogen) atoms. The molecule has 0 saturated carbocycles. The zero-order valence-corrected chi connectivity index (χ0v) is 14.4. The predicted molar refractivity (Wildman–Crippen MR) is 102 cm³/mol. The third-order valence-electron chi connectivity index (χ3n) is 4.29. The molecule has 1 N–H and O–H groups in total. The first-order chi connectivity index (χ1) is 11.8. The van der Waals surface area contributed by atoms with E-state index in [1.807, 2.05) is 6.07 Å². The van der Waals surface area contributed by atoms with Crippen molar-refractivity contribution in [3.05, 3.63) is 77.3 Å². The van der Waals surface area contributed by atoms with Crippen molar-refractivity contribution in [1.82, 2.24) is 4.98 Å². The Morgan fingerprint density at radius 1 is 1.00 bits per heavy atom. The summed E-state index contributed by atoms with van der Waals surface area (Å²) in [5.74, 6) is 0.977. The van der Waals surface area contributed by atoms with Crippen molar-refractivity contribution in [2.24, 2.45) is 0 Å². The fourth-order valence-electron chi connectivity index (χ4n) is 3.00. The molecule has 0 aliphatic heterocycles. The number of ether oxygens (including phenoxy) is 1. The Morgan fingerprint density at radius 2 is 1.88 bits per heavy atom. The van der Waals surface area contributed by atoms with Crippen LogP contribution >= 0.6 is 11.3 Å². The fourth-order valence-corrected chi connectivity index (χ4v) is 3.80. The van der Waals surface area contributed by atoms with Gasteiger partial charge in [0, 0.05) is 27.9 Å². The number of nitrogens with one attached hydrogen (secondary N) is 1. The Morgan fingerprint density at radius 3 is 2.75 bits per heavy atom. The first kappa shape index (κ1) is 15.0. The molecule has 120 valence electrons. The lowest BCUT2D eigenvalue weighted by atomic mass is 10.1. The molecule has 0 spiro atoms. The quantitative estimate of drug-likeness (QED) is 0.488. The van der Waals surface area contributed by atoms with E-state index in [9.17, 15) is 0 Å². The zero-order valence-electron chi connectivity index (χ0n) is 13.6. The van der Waals surface area contributed by atoms with E-state index in [1.54, 1.807) is 11.3 Å². The maximum atomic E-state index is 6.04. The Bertz CT molecular complexity index is 952. The van der Waals surface area contributed by atoms with Gasteiger partial charge < -0.3 is 9.72 Å². The summed E-state index contributed by atoms with van der Waals surface area (Å²) in [6.07, 6.45) is 0.899. The highest BCUT2D eigenvalue weighted by atomic mass is 32.1. The molecule has 0 aliphatic carbocycles. The fraction of sp³-hybridized carbons (Fsp3) is 0.143. The maximum Gasteiger partial charge on any atom is 0.127 e. The molecule has 2 aromatic heterocycles. The number of hydrogen-bond acceptors (Lipinski definition) is 2. The topological polar surface area (TPSA) is 25.0 Å². The van der Waals surface area contributed by atoms with Crippen LogP contribution in [-0.2, 0) is 6.42 Å². The average Bonchev–Trinajstić information content (AvgIpc) is 3.23. The molecule has 2 heterocycles. The summed E-state index contributed by atoms with van der Waals surface area (Å²) < 4.78 is 7.32. The van der Waals surface area contributed by atoms with Crippen LogP contribution in [0.1, 0.15) is 11.3 Å². The molecule has 4 aromatic rings. The number of aromatic nitrogens is 1. The second kappa shape index (κ2) is 6.54. The summed E-state index contributed by atoms with van der Waals surface area (Å²) >= 11 is 1.75. The lowest BCUT2D eigenvalue weighted by Crippen LogP contribution is -2.01. The molecule has 0 radical (unpaired) electrons. The van der Waals surface area contributed by atoms with Gasteiger partial charge >= 0.3 is 0 Å². The summed E-state index contributed by atoms with van der Waals surface area (Å²) in [5.41, 5.74) is 4.91. The van der Waals surface area contributed by atoms with Gasteiger partial charge in [-0.2, -0.15) is 0 Å². The molecule has 0 unspecified atom stereocenters. The number of thiophene rings is 1. The summed E-state index contributed by atoms with van der Waals surface area (Å²) in [4.78, 5) is 3.48. The van der Waals surface area contributed by atoms with E-state index in [0.717, 1.165) is 12.2 Å². The van der Waals surface area contributed by atoms with Crippen LogP contribution in [0.2, 0.25) is 0 Å². The van der Waals surface area contributed by atoms with Crippen molar-refractivity contribution < 1.29 is 4.74 Å². The number of rotatable bonds is 5. The number of aryl methyl sites for hydroxylation is 1. The van der Waals surface area contributed by atoms with E-state index in [2.05, 4.69) is 71.9 Å². The van der Waals surface area contributed by atoms with Crippen molar-refractivity contribution in [3.63, 3.8) is 0 Å². The highest BCUT2D eigenvalue weighted by Crippen LogP contribution is 2.29. The number of fused-ring (bicyclic) bond motifs is 1. The summed E-state index contributed by atoms with van der Waals surface area (Å²) in [6.45, 7) is 2.81. The summed E-state index contributed by atoms with van der Waals surface area (Å²) in [5, 5.41) is 3.32. The normalized spacial score (nSPS) is 11.0. The van der Waals surface area contributed by atoms with Gasteiger partial charge in [0.2, 0.25) is 0 Å². The Kier molecular flexibility index (Phi) is 4.09. The van der Waals surface area contributed by atoms with E-state index >= 15 is 0 Å². The highest BCUT2D eigenvalue weighted by molar-refractivity contribution is 7.17. The van der Waals surface area contributed by atoms with Crippen LogP contribution in [0.15, 0.2) is 66.0 Å². The van der Waals surface area contributed by atoms with Crippen LogP contribution in [0.3, 0.4) is 0 Å². The standard InChI is InChI=1S/C21H19NOS/c1-15-17(14-19(22-15)16-6-3-2-4-7-16)10-12-23-20-8-5-9-21-18(20)11-13-24-21/h2-9,11,13-14,22H,10,12H2,1H3. The minimum absolute atomic E-state index is 0.682. The van der Waals surface area contributed by atoms with Crippen LogP contribution in [-0.4, -0.2) is 11.6 Å². The molecule has 2 nitrogen and oxygen atoms in total. The molecule has 2 aromatic carbocycles. The molecule has 0 fully saturated rings. The minimum Gasteiger partial charge on any atom is -0.493 e. The van der Waals surface area contributed by atoms with E-state index in [0.29, 0.717) is 6.61 Å². The summed E-state index contributed by atoms with van der Waals surface area (Å²) in [6, 6.07) is 21.0. The van der Waals surface area contributed by atoms with Gasteiger partial charge in [-0.05, 0) is 47.7 Å². The van der Waals surface area contributed by atoms with Gasteiger partial charge in [-0.25, -0.2) is 0 Å². The van der Waals surface area contributed by atoms with Crippen LogP contribution in [0, 0.1) is 6.92 Å². The SMILES string of the molecule is Cc1[nH]c(-c2ccccc2)cc1CCOc1cccc2sccc12. The lowest BCUT2D eigenvalue weighted by Gasteiger charge is -2.07. The minimum atomic E-state index is 0.682. The van der Waals surface area contributed by atoms with Gasteiger partial charge in [0.15, 0.2) is 0 Å². The van der Waals surface area contributed by atoms with Crippen molar-refractivity contribution in [2.45, 2.75) is 13.3 Å². The summed E-state index contributed by atoms with van der Waals surface area (Å²) in [7, 11) is 0. The van der Waals surface area contributed by atoms with E-state index in [1.165, 1.54) is 32.6 Å². The molecule has 4 rings (SSSR count). The van der Waals surface area contributed by atoms with Crippen LogP contribution < -0.4 is 4.74 Å². The molecule has 0 saturated heterocycles. The second-order valence-corrected chi connectivity index (χ2v) is 6.83. The predicted octanol–water partition coefficient (Wildman–Crippen LogP) is 5.83. The van der Waals surface area contributed by atoms with E-state index in [4.69, 9.17) is 4.74 Å². The monoisotopic (exact) mass is 333 g/mol. The number of benzene rings is 2. The molecule has 3 heteroatoms. The third kappa shape index (κ3) is 2.95. The molecule has 0 atom stereocenters. The highest BCUT2D eigenvalue weighted by Gasteiger charge is 2.08. The molecule has 0 amide bonds. The molecular weight excluding hydrogens is 314 g/mol. The van der Waals surface area contributed by atoms with Crippen molar-refractivity contribution in [2.75, 3.05) is 6.61 Å². The van der Waals surface area contributed by atoms with E-state index in [-0.39, 0.29) is 0 Å². The Labute approximate surface area is 145 Å². The van der Waals surface area contributed by atoms with Crippen LogP contribution in [0.5, 0.6) is 5.75 Å². The van der Waals surface area contributed by atoms with Crippen molar-refractivity contribution in [1.29, 1.82) is 0 Å². The smallest absolute Gasteiger partial charge is 0.127 e. The largest absolute Gasteiger partial charge is 0.493 e. The number of H-pyrrole nitrogens is 1. The van der Waals surface area contributed by atoms with Gasteiger partial charge in [-0.3, -0.25) is 0 Å². The number of aromatic amines is 1. The molecule has 0 bridgehead atoms. The molecule has 0 aliphatic rings. The first-order valence-corrected chi connectivity index (χ1v) is 9.02. The van der Waals surface area contributed by atoms with Crippen molar-refractivity contribution >= 4 is 21.4 Å². The van der Waals surface area contributed by atoms with Crippen LogP contribution in [0.25, 0.3) is 21.3 Å². The second-order valence-electron chi connectivity index (χ2n) is 5.89. The molecular formula is C21H19NOS. The van der Waals surface area contributed by atoms with Crippen LogP contribution in [0.4, 0.5) is 0 Å². The first-order valence-electron chi connectivity index (χ1n) is 8.14. The Hall–Kier alpha value is -2.52. The van der Waals surface area contributed by atoms with Crippen molar-refractivity contribution in [3.8, 4) is 17.0 Å². The third-order valence-corrected chi connectivity index (χ3v) is 5.17. The average molecular weight is 333 g/mol. The van der Waals surface area contributed by atoms with Gasteiger partial charge in [-0.1, -0.05) is 36.4 Å². The zero-order chi connectivity index (χ0) is 16.4. The maximum absolute atomic E-state index is 6.04. The van der Waals surface area contributed by atoms with Gasteiger partial charge in [-0.15, -0.1) is 11.3 Å². The van der Waals surface area contributed by atoms with Gasteiger partial charge in [0.1, 0.15) is 5.75 Å². The van der Waals surface area contributed by atoms with E-state index < -0.39 is 0 Å². The Balaban J connectivity index is 1.47. The number of hydrogen-bond donors (Lipinski definition) is 1.